The lowest BCUT2D eigenvalue weighted by molar-refractivity contribution is 0.0701. The van der Waals surface area contributed by atoms with Gasteiger partial charge in [0, 0.05) is 12.7 Å². The van der Waals surface area contributed by atoms with E-state index in [1.807, 2.05) is 0 Å². The summed E-state index contributed by atoms with van der Waals surface area (Å²) in [7, 11) is 1.72. The third-order valence-electron chi connectivity index (χ3n) is 2.46. The van der Waals surface area contributed by atoms with E-state index >= 15 is 0 Å². The number of carbonyl (C=O) groups is 1. The molecule has 0 aliphatic carbocycles. The quantitative estimate of drug-likeness (QED) is 0.927. The zero-order chi connectivity index (χ0) is 13.3. The minimum atomic E-state index is -0.996. The summed E-state index contributed by atoms with van der Waals surface area (Å²) in [6.45, 7) is 1.64. The molecule has 1 aromatic heterocycles. The van der Waals surface area contributed by atoms with Crippen molar-refractivity contribution in [3.05, 3.63) is 40.7 Å². The van der Waals surface area contributed by atoms with E-state index in [0.29, 0.717) is 16.5 Å². The van der Waals surface area contributed by atoms with Gasteiger partial charge in [0.15, 0.2) is 5.13 Å². The lowest BCUT2D eigenvalue weighted by atomic mass is 10.3. The number of hydrogen-bond acceptors (Lipinski definition) is 4. The molecule has 0 aliphatic rings. The molecule has 2 rings (SSSR count). The minimum absolute atomic E-state index is 0.202. The first-order valence-electron chi connectivity index (χ1n) is 5.19. The van der Waals surface area contributed by atoms with E-state index < -0.39 is 5.97 Å². The molecule has 1 N–H and O–H groups in total. The van der Waals surface area contributed by atoms with Crippen LogP contribution < -0.4 is 4.90 Å². The van der Waals surface area contributed by atoms with Crippen LogP contribution >= 0.6 is 11.3 Å². The number of benzene rings is 1. The van der Waals surface area contributed by atoms with E-state index in [1.165, 1.54) is 12.1 Å². The van der Waals surface area contributed by atoms with Gasteiger partial charge in [0.25, 0.3) is 0 Å². The predicted octanol–water partition coefficient (Wildman–Crippen LogP) is 3.06. The number of halogens is 1. The van der Waals surface area contributed by atoms with Crippen molar-refractivity contribution in [2.24, 2.45) is 0 Å². The lowest BCUT2D eigenvalue weighted by Gasteiger charge is -2.15. The van der Waals surface area contributed by atoms with Crippen molar-refractivity contribution in [2.75, 3.05) is 11.9 Å². The molecule has 0 saturated heterocycles. The first-order valence-corrected chi connectivity index (χ1v) is 6.00. The van der Waals surface area contributed by atoms with Crippen molar-refractivity contribution in [1.29, 1.82) is 0 Å². The van der Waals surface area contributed by atoms with Crippen molar-refractivity contribution < 1.29 is 14.3 Å². The number of carboxylic acids is 1. The molecule has 0 spiro atoms. The topological polar surface area (TPSA) is 53.4 Å². The van der Waals surface area contributed by atoms with Crippen LogP contribution in [0.25, 0.3) is 0 Å². The normalized spacial score (nSPS) is 10.4. The largest absolute Gasteiger partial charge is 0.477 e. The van der Waals surface area contributed by atoms with Crippen LogP contribution in [0.2, 0.25) is 0 Å². The fraction of sp³-hybridized carbons (Fsp3) is 0.167. The van der Waals surface area contributed by atoms with Crippen molar-refractivity contribution in [3.8, 4) is 0 Å². The van der Waals surface area contributed by atoms with Crippen molar-refractivity contribution in [2.45, 2.75) is 6.92 Å². The monoisotopic (exact) mass is 266 g/mol. The van der Waals surface area contributed by atoms with Gasteiger partial charge in [0.05, 0.1) is 5.69 Å². The van der Waals surface area contributed by atoms with Gasteiger partial charge >= 0.3 is 5.97 Å². The number of rotatable bonds is 3. The number of nitrogens with zero attached hydrogens (tertiary/aromatic N) is 2. The smallest absolute Gasteiger partial charge is 0.347 e. The molecule has 94 valence electrons. The third-order valence-corrected chi connectivity index (χ3v) is 3.68. The molecule has 18 heavy (non-hydrogen) atoms. The predicted molar refractivity (Wildman–Crippen MR) is 68.3 cm³/mol. The van der Waals surface area contributed by atoms with Crippen molar-refractivity contribution >= 4 is 28.1 Å². The van der Waals surface area contributed by atoms with E-state index in [-0.39, 0.29) is 10.7 Å². The summed E-state index contributed by atoms with van der Waals surface area (Å²) in [5.74, 6) is -1.34. The Bertz CT molecular complexity index is 598. The second-order valence-corrected chi connectivity index (χ2v) is 4.73. The van der Waals surface area contributed by atoms with Gasteiger partial charge in [-0.1, -0.05) is 17.4 Å². The van der Waals surface area contributed by atoms with Crippen LogP contribution in [0.5, 0.6) is 0 Å². The Hall–Kier alpha value is -1.95. The minimum Gasteiger partial charge on any atom is -0.477 e. The Balaban J connectivity index is 2.37. The molecule has 1 heterocycles. The summed E-state index contributed by atoms with van der Waals surface area (Å²) in [4.78, 5) is 17.0. The van der Waals surface area contributed by atoms with Gasteiger partial charge in [-0.2, -0.15) is 0 Å². The highest BCUT2D eigenvalue weighted by Gasteiger charge is 2.17. The number of thiazole rings is 1. The highest BCUT2D eigenvalue weighted by Crippen LogP contribution is 2.30. The maximum absolute atomic E-state index is 13.1. The summed E-state index contributed by atoms with van der Waals surface area (Å²) in [6, 6.07) is 6.06. The molecule has 1 aromatic carbocycles. The number of aromatic carboxylic acids is 1. The zero-order valence-electron chi connectivity index (χ0n) is 9.85. The maximum atomic E-state index is 13.1. The van der Waals surface area contributed by atoms with Crippen LogP contribution in [0.3, 0.4) is 0 Å². The highest BCUT2D eigenvalue weighted by molar-refractivity contribution is 7.17. The Labute approximate surface area is 107 Å². The van der Waals surface area contributed by atoms with Crippen LogP contribution in [-0.2, 0) is 0 Å². The number of hydrogen-bond donors (Lipinski definition) is 1. The number of aryl methyl sites for hydroxylation is 1. The molecule has 6 heteroatoms. The van der Waals surface area contributed by atoms with Gasteiger partial charge in [-0.25, -0.2) is 14.2 Å². The average Bonchev–Trinajstić information content (AvgIpc) is 2.70. The zero-order valence-corrected chi connectivity index (χ0v) is 10.7. The molecule has 4 nitrogen and oxygen atoms in total. The molecule has 0 radical (unpaired) electrons. The first kappa shape index (κ1) is 12.5. The molecule has 0 amide bonds. The van der Waals surface area contributed by atoms with E-state index in [4.69, 9.17) is 5.11 Å². The number of carboxylic acid groups (broad SMARTS) is 1. The van der Waals surface area contributed by atoms with Crippen LogP contribution in [0.4, 0.5) is 15.2 Å². The summed E-state index contributed by atoms with van der Waals surface area (Å²) < 4.78 is 13.1. The fourth-order valence-corrected chi connectivity index (χ4v) is 2.41. The third kappa shape index (κ3) is 2.33. The second-order valence-electron chi connectivity index (χ2n) is 3.76. The van der Waals surface area contributed by atoms with Crippen LogP contribution in [-0.4, -0.2) is 23.1 Å². The molecule has 0 unspecified atom stereocenters. The van der Waals surface area contributed by atoms with Crippen LogP contribution in [0.1, 0.15) is 15.4 Å². The number of anilines is 2. The van der Waals surface area contributed by atoms with Crippen molar-refractivity contribution in [3.63, 3.8) is 0 Å². The summed E-state index contributed by atoms with van der Waals surface area (Å²) in [5.41, 5.74) is 1.09. The molecule has 0 bridgehead atoms. The lowest BCUT2D eigenvalue weighted by Crippen LogP contribution is -2.09. The molecule has 2 aromatic rings. The highest BCUT2D eigenvalue weighted by atomic mass is 32.1. The van der Waals surface area contributed by atoms with Gasteiger partial charge in [-0.3, -0.25) is 0 Å². The van der Waals surface area contributed by atoms with Gasteiger partial charge in [0.2, 0.25) is 0 Å². The Kier molecular flexibility index (Phi) is 3.29. The molecule has 0 saturated carbocycles. The van der Waals surface area contributed by atoms with Gasteiger partial charge in [-0.05, 0) is 25.1 Å². The van der Waals surface area contributed by atoms with E-state index in [2.05, 4.69) is 4.98 Å². The summed E-state index contributed by atoms with van der Waals surface area (Å²) >= 11 is 1.07. The molecule has 0 atom stereocenters. The first-order chi connectivity index (χ1) is 8.49. The second kappa shape index (κ2) is 4.73. The average molecular weight is 266 g/mol. The van der Waals surface area contributed by atoms with E-state index in [9.17, 15) is 9.18 Å². The van der Waals surface area contributed by atoms with Gasteiger partial charge in [-0.15, -0.1) is 0 Å². The standard InChI is InChI=1S/C12H11FN2O2S/c1-7-10(11(16)17)18-12(14-7)15(2)9-5-3-4-8(13)6-9/h3-6H,1-2H3,(H,16,17). The van der Waals surface area contributed by atoms with E-state index in [1.54, 1.807) is 31.0 Å². The van der Waals surface area contributed by atoms with Crippen LogP contribution in [0.15, 0.2) is 24.3 Å². The van der Waals surface area contributed by atoms with Gasteiger partial charge in [0.1, 0.15) is 10.7 Å². The summed E-state index contributed by atoms with van der Waals surface area (Å²) in [5, 5.41) is 9.49. The number of aromatic nitrogens is 1. The molecular weight excluding hydrogens is 255 g/mol. The maximum Gasteiger partial charge on any atom is 0.347 e. The van der Waals surface area contributed by atoms with Gasteiger partial charge < -0.3 is 10.0 Å². The molecule has 0 fully saturated rings. The molecule has 0 aliphatic heterocycles. The Morgan fingerprint density at radius 2 is 2.22 bits per heavy atom. The Morgan fingerprint density at radius 3 is 2.78 bits per heavy atom. The fourth-order valence-electron chi connectivity index (χ4n) is 1.52. The Morgan fingerprint density at radius 1 is 1.50 bits per heavy atom. The van der Waals surface area contributed by atoms with Crippen molar-refractivity contribution in [1.82, 2.24) is 4.98 Å². The molecular formula is C12H11FN2O2S. The van der Waals surface area contributed by atoms with Crippen LogP contribution in [0, 0.1) is 12.7 Å². The SMILES string of the molecule is Cc1nc(N(C)c2cccc(F)c2)sc1C(=O)O. The summed E-state index contributed by atoms with van der Waals surface area (Å²) in [6.07, 6.45) is 0. The van der Waals surface area contributed by atoms with E-state index in [0.717, 1.165) is 11.3 Å².